The summed E-state index contributed by atoms with van der Waals surface area (Å²) in [5.74, 6) is -4.08. The fraction of sp³-hybridized carbons (Fsp3) is 0.167. The molecule has 3 nitrogen and oxygen atoms in total. The molecule has 9 heteroatoms. The zero-order valence-electron chi connectivity index (χ0n) is 14.0. The van der Waals surface area contributed by atoms with E-state index in [2.05, 4.69) is 0 Å². The molecule has 0 radical (unpaired) electrons. The lowest BCUT2D eigenvalue weighted by Gasteiger charge is -2.03. The Kier molecular flexibility index (Phi) is 8.12. The number of rotatable bonds is 4. The van der Waals surface area contributed by atoms with Gasteiger partial charge in [0, 0.05) is 18.6 Å². The van der Waals surface area contributed by atoms with E-state index in [4.69, 9.17) is 23.2 Å². The molecule has 0 atom stereocenters. The molecule has 2 rings (SSSR count). The molecule has 0 bridgehead atoms. The minimum absolute atomic E-state index is 0.0344. The maximum absolute atomic E-state index is 13.1. The number of hydrogen-bond donors (Lipinski definition) is 0. The van der Waals surface area contributed by atoms with Crippen molar-refractivity contribution in [3.8, 4) is 0 Å². The second kappa shape index (κ2) is 9.62. The highest BCUT2D eigenvalue weighted by molar-refractivity contribution is 6.81. The van der Waals surface area contributed by atoms with Gasteiger partial charge in [0.1, 0.15) is 23.3 Å². The maximum Gasteiger partial charge on any atom is 0.288 e. The molecule has 0 spiro atoms. The average Bonchev–Trinajstić information content (AvgIpc) is 2.56. The molecule has 0 N–H and O–H groups in total. The predicted molar refractivity (Wildman–Crippen MR) is 91.9 cm³/mol. The van der Waals surface area contributed by atoms with E-state index in [9.17, 15) is 31.9 Å². The van der Waals surface area contributed by atoms with Gasteiger partial charge in [0.05, 0.1) is 5.56 Å². The van der Waals surface area contributed by atoms with Crippen molar-refractivity contribution in [1.82, 2.24) is 0 Å². The minimum atomic E-state index is -1.16. The first kappa shape index (κ1) is 22.8. The normalized spacial score (nSPS) is 10.1. The summed E-state index contributed by atoms with van der Waals surface area (Å²) in [6.45, 7) is 2.86. The van der Waals surface area contributed by atoms with Crippen molar-refractivity contribution >= 4 is 39.5 Å². The molecule has 0 aromatic heterocycles. The molecule has 0 aliphatic rings. The van der Waals surface area contributed by atoms with E-state index in [1.165, 1.54) is 19.9 Å². The van der Waals surface area contributed by atoms with Crippen LogP contribution in [0.4, 0.5) is 17.6 Å². The highest BCUT2D eigenvalue weighted by Crippen LogP contribution is 2.16. The van der Waals surface area contributed by atoms with Crippen LogP contribution in [0.5, 0.6) is 0 Å². The molecule has 0 aliphatic carbocycles. The minimum Gasteiger partial charge on any atom is -0.289 e. The van der Waals surface area contributed by atoms with Crippen molar-refractivity contribution in [1.29, 1.82) is 0 Å². The van der Waals surface area contributed by atoms with E-state index in [1.54, 1.807) is 0 Å². The second-order valence-corrected chi connectivity index (χ2v) is 6.11. The molecular formula is C18H12Cl2F4O3. The van der Waals surface area contributed by atoms with Crippen molar-refractivity contribution in [2.75, 3.05) is 0 Å². The van der Waals surface area contributed by atoms with Gasteiger partial charge >= 0.3 is 0 Å². The van der Waals surface area contributed by atoms with Gasteiger partial charge in [-0.3, -0.25) is 14.4 Å². The Morgan fingerprint density at radius 1 is 0.778 bits per heavy atom. The van der Waals surface area contributed by atoms with Crippen molar-refractivity contribution < 1.29 is 31.9 Å². The van der Waals surface area contributed by atoms with Gasteiger partial charge in [0.2, 0.25) is 5.78 Å². The number of halogens is 6. The van der Waals surface area contributed by atoms with Gasteiger partial charge in [-0.15, -0.1) is 0 Å². The molecule has 144 valence electrons. The first-order valence-electron chi connectivity index (χ1n) is 7.26. The zero-order chi connectivity index (χ0) is 20.9. The van der Waals surface area contributed by atoms with E-state index < -0.39 is 46.0 Å². The zero-order valence-corrected chi connectivity index (χ0v) is 15.5. The number of carbonyl (C=O) groups excluding carboxylic acids is 3. The number of carbonyl (C=O) groups is 3. The predicted octanol–water partition coefficient (Wildman–Crippen LogP) is 4.80. The quantitative estimate of drug-likeness (QED) is 0.403. The average molecular weight is 423 g/mol. The van der Waals surface area contributed by atoms with Gasteiger partial charge in [-0.25, -0.2) is 17.6 Å². The molecular weight excluding hydrogens is 411 g/mol. The van der Waals surface area contributed by atoms with E-state index in [0.717, 1.165) is 6.07 Å². The van der Waals surface area contributed by atoms with Gasteiger partial charge in [-0.2, -0.15) is 0 Å². The molecule has 0 unspecified atom stereocenters. The van der Waals surface area contributed by atoms with E-state index in [1.807, 2.05) is 0 Å². The third-order valence-electron chi connectivity index (χ3n) is 3.36. The van der Waals surface area contributed by atoms with Crippen LogP contribution in [0, 0.1) is 37.1 Å². The van der Waals surface area contributed by atoms with Crippen molar-refractivity contribution in [2.24, 2.45) is 0 Å². The van der Waals surface area contributed by atoms with E-state index in [-0.39, 0.29) is 22.3 Å². The van der Waals surface area contributed by atoms with Crippen LogP contribution in [-0.2, 0) is 16.0 Å². The fourth-order valence-electron chi connectivity index (χ4n) is 1.90. The van der Waals surface area contributed by atoms with Crippen LogP contribution in [-0.4, -0.2) is 16.3 Å². The summed E-state index contributed by atoms with van der Waals surface area (Å²) in [7, 11) is 0. The lowest BCUT2D eigenvalue weighted by atomic mass is 10.1. The Hall–Kier alpha value is -2.25. The van der Waals surface area contributed by atoms with Crippen LogP contribution in [0.1, 0.15) is 27.0 Å². The summed E-state index contributed by atoms with van der Waals surface area (Å²) in [6, 6.07) is 3.59. The molecule has 0 saturated carbocycles. The number of hydrogen-bond acceptors (Lipinski definition) is 3. The summed E-state index contributed by atoms with van der Waals surface area (Å²) >= 11 is 9.95. The topological polar surface area (TPSA) is 51.2 Å². The summed E-state index contributed by atoms with van der Waals surface area (Å²) in [6.07, 6.45) is -0.449. The van der Waals surface area contributed by atoms with Crippen molar-refractivity contribution in [3.63, 3.8) is 0 Å². The van der Waals surface area contributed by atoms with E-state index >= 15 is 0 Å². The first-order valence-corrected chi connectivity index (χ1v) is 8.02. The van der Waals surface area contributed by atoms with Gasteiger partial charge in [0.25, 0.3) is 10.5 Å². The molecule has 0 heterocycles. The Labute approximate surface area is 161 Å². The first-order chi connectivity index (χ1) is 12.4. The maximum atomic E-state index is 13.1. The van der Waals surface area contributed by atoms with Crippen LogP contribution >= 0.6 is 23.2 Å². The SMILES string of the molecule is Cc1cc(C(=O)Cl)c(F)cc1F.Cc1cc(CC(=O)C(=O)Cl)c(F)cc1F. The van der Waals surface area contributed by atoms with Crippen LogP contribution in [0.3, 0.4) is 0 Å². The third-order valence-corrected chi connectivity index (χ3v) is 3.77. The summed E-state index contributed by atoms with van der Waals surface area (Å²) in [5.41, 5.74) is 0.0742. The standard InChI is InChI=1S/C10H7ClF2O2.C8H5ClF2O/c1-5-2-6(3-9(14)10(11)15)8(13)4-7(5)12;1-4-2-5(8(9)12)7(11)3-6(4)10/h2,4H,3H2,1H3;2-3H,1H3. The smallest absolute Gasteiger partial charge is 0.288 e. The summed E-state index contributed by atoms with van der Waals surface area (Å²) in [5, 5.41) is -2.08. The number of ketones is 1. The lowest BCUT2D eigenvalue weighted by Crippen LogP contribution is -2.11. The molecule has 0 aliphatic heterocycles. The Balaban J connectivity index is 0.000000277. The molecule has 0 amide bonds. The Morgan fingerprint density at radius 3 is 1.74 bits per heavy atom. The van der Waals surface area contributed by atoms with Gasteiger partial charge in [-0.05, 0) is 65.9 Å². The Bertz CT molecular complexity index is 914. The van der Waals surface area contributed by atoms with Gasteiger partial charge in [0.15, 0.2) is 0 Å². The van der Waals surface area contributed by atoms with Gasteiger partial charge < -0.3 is 0 Å². The number of benzene rings is 2. The van der Waals surface area contributed by atoms with Gasteiger partial charge in [-0.1, -0.05) is 0 Å². The molecule has 0 saturated heterocycles. The van der Waals surface area contributed by atoms with E-state index in [0.29, 0.717) is 12.1 Å². The van der Waals surface area contributed by atoms with Crippen LogP contribution < -0.4 is 0 Å². The molecule has 0 fully saturated rings. The second-order valence-electron chi connectivity index (χ2n) is 5.42. The molecule has 27 heavy (non-hydrogen) atoms. The van der Waals surface area contributed by atoms with Crippen LogP contribution in [0.2, 0.25) is 0 Å². The Morgan fingerprint density at radius 2 is 1.26 bits per heavy atom. The van der Waals surface area contributed by atoms with Crippen molar-refractivity contribution in [3.05, 3.63) is 69.8 Å². The lowest BCUT2D eigenvalue weighted by molar-refractivity contribution is -0.131. The fourth-order valence-corrected chi connectivity index (χ4v) is 2.11. The van der Waals surface area contributed by atoms with Crippen molar-refractivity contribution in [2.45, 2.75) is 20.3 Å². The highest BCUT2D eigenvalue weighted by Gasteiger charge is 2.15. The largest absolute Gasteiger partial charge is 0.289 e. The third kappa shape index (κ3) is 6.45. The van der Waals surface area contributed by atoms with Crippen LogP contribution in [0.25, 0.3) is 0 Å². The monoisotopic (exact) mass is 422 g/mol. The molecule has 2 aromatic rings. The summed E-state index contributed by atoms with van der Waals surface area (Å²) in [4.78, 5) is 31.9. The number of Topliss-reactive ketones (excluding diaryl/α,β-unsaturated/α-hetero) is 1. The molecule has 2 aromatic carbocycles. The number of aryl methyl sites for hydroxylation is 2. The van der Waals surface area contributed by atoms with Crippen LogP contribution in [0.15, 0.2) is 24.3 Å². The highest BCUT2D eigenvalue weighted by atomic mass is 35.5. The summed E-state index contributed by atoms with van der Waals surface area (Å²) < 4.78 is 51.3.